The summed E-state index contributed by atoms with van der Waals surface area (Å²) < 4.78 is 7.54. The molecule has 6 nitrogen and oxygen atoms in total. The fourth-order valence-electron chi connectivity index (χ4n) is 2.95. The van der Waals surface area contributed by atoms with Crippen LogP contribution in [0.2, 0.25) is 0 Å². The molecule has 0 radical (unpaired) electrons. The molecular formula is C21H26N4O2. The minimum Gasteiger partial charge on any atom is -0.494 e. The number of aromatic nitrogens is 3. The molecule has 0 bridgehead atoms. The number of rotatable bonds is 8. The predicted molar refractivity (Wildman–Crippen MR) is 105 cm³/mol. The highest BCUT2D eigenvalue weighted by Crippen LogP contribution is 2.14. The van der Waals surface area contributed by atoms with E-state index in [1.54, 1.807) is 6.33 Å². The molecule has 0 saturated carbocycles. The van der Waals surface area contributed by atoms with E-state index in [9.17, 15) is 4.79 Å². The zero-order chi connectivity index (χ0) is 19.2. The number of carbonyl (C=O) groups excluding carboxylic acids is 1. The maximum absolute atomic E-state index is 12.5. The van der Waals surface area contributed by atoms with Crippen LogP contribution in [-0.2, 0) is 6.54 Å². The van der Waals surface area contributed by atoms with Crippen molar-refractivity contribution in [1.82, 2.24) is 19.7 Å². The highest BCUT2D eigenvalue weighted by atomic mass is 16.5. The molecular weight excluding hydrogens is 340 g/mol. The maximum atomic E-state index is 12.5. The number of ether oxygens (including phenoxy) is 1. The second kappa shape index (κ2) is 8.66. The number of hydrogen-bond donors (Lipinski definition) is 1. The molecule has 6 heteroatoms. The number of hydrogen-bond acceptors (Lipinski definition) is 4. The van der Waals surface area contributed by atoms with Gasteiger partial charge in [-0.2, -0.15) is 0 Å². The number of imidazole rings is 1. The van der Waals surface area contributed by atoms with Crippen LogP contribution in [0.25, 0.3) is 5.65 Å². The summed E-state index contributed by atoms with van der Waals surface area (Å²) in [6, 6.07) is 9.77. The van der Waals surface area contributed by atoms with Crippen LogP contribution < -0.4 is 10.1 Å². The van der Waals surface area contributed by atoms with Crippen molar-refractivity contribution in [1.29, 1.82) is 0 Å². The first kappa shape index (κ1) is 18.9. The van der Waals surface area contributed by atoms with Crippen molar-refractivity contribution in [2.24, 2.45) is 0 Å². The monoisotopic (exact) mass is 366 g/mol. The molecule has 1 aromatic carbocycles. The zero-order valence-corrected chi connectivity index (χ0v) is 16.2. The van der Waals surface area contributed by atoms with Gasteiger partial charge in [0, 0.05) is 17.9 Å². The van der Waals surface area contributed by atoms with Crippen molar-refractivity contribution in [3.8, 4) is 5.75 Å². The van der Waals surface area contributed by atoms with E-state index >= 15 is 0 Å². The van der Waals surface area contributed by atoms with Gasteiger partial charge in [0.15, 0.2) is 11.3 Å². The molecule has 0 aliphatic carbocycles. The Morgan fingerprint density at radius 1 is 1.19 bits per heavy atom. The van der Waals surface area contributed by atoms with E-state index < -0.39 is 0 Å². The van der Waals surface area contributed by atoms with Gasteiger partial charge in [-0.3, -0.25) is 9.20 Å². The largest absolute Gasteiger partial charge is 0.494 e. The van der Waals surface area contributed by atoms with Crippen molar-refractivity contribution in [2.45, 2.75) is 46.6 Å². The second-order valence-corrected chi connectivity index (χ2v) is 6.71. The summed E-state index contributed by atoms with van der Waals surface area (Å²) in [7, 11) is 0. The van der Waals surface area contributed by atoms with Crippen molar-refractivity contribution in [3.63, 3.8) is 0 Å². The van der Waals surface area contributed by atoms with Crippen LogP contribution >= 0.6 is 0 Å². The molecule has 142 valence electrons. The van der Waals surface area contributed by atoms with Crippen LogP contribution in [0, 0.1) is 13.8 Å². The Labute approximate surface area is 159 Å². The number of fused-ring (bicyclic) bond motifs is 1. The van der Waals surface area contributed by atoms with Gasteiger partial charge in [-0.25, -0.2) is 9.97 Å². The summed E-state index contributed by atoms with van der Waals surface area (Å²) in [4.78, 5) is 21.2. The Kier molecular flexibility index (Phi) is 6.06. The third kappa shape index (κ3) is 4.64. The van der Waals surface area contributed by atoms with Crippen LogP contribution in [0.1, 0.15) is 53.6 Å². The van der Waals surface area contributed by atoms with E-state index in [0.29, 0.717) is 17.9 Å². The van der Waals surface area contributed by atoms with Crippen LogP contribution in [0.4, 0.5) is 0 Å². The third-order valence-corrected chi connectivity index (χ3v) is 4.43. The summed E-state index contributed by atoms with van der Waals surface area (Å²) in [6.45, 7) is 7.22. The Hall–Kier alpha value is -2.89. The quantitative estimate of drug-likeness (QED) is 0.615. The van der Waals surface area contributed by atoms with Gasteiger partial charge in [0.1, 0.15) is 12.1 Å². The SMILES string of the molecule is CCCCCOc1ccc(CNC(=O)c2ncn3c(C)cc(C)nc23)cc1. The van der Waals surface area contributed by atoms with E-state index in [1.807, 2.05) is 48.6 Å². The summed E-state index contributed by atoms with van der Waals surface area (Å²) in [5.74, 6) is 0.631. The Morgan fingerprint density at radius 2 is 1.96 bits per heavy atom. The number of aryl methyl sites for hydroxylation is 2. The number of unbranched alkanes of at least 4 members (excludes halogenated alkanes) is 2. The number of nitrogens with zero attached hydrogens (tertiary/aromatic N) is 3. The summed E-state index contributed by atoms with van der Waals surface area (Å²) >= 11 is 0. The van der Waals surface area contributed by atoms with Crippen molar-refractivity contribution in [2.75, 3.05) is 6.61 Å². The van der Waals surface area contributed by atoms with E-state index in [1.165, 1.54) is 12.8 Å². The molecule has 0 unspecified atom stereocenters. The van der Waals surface area contributed by atoms with Gasteiger partial charge in [-0.15, -0.1) is 0 Å². The molecule has 1 amide bonds. The van der Waals surface area contributed by atoms with Crippen LogP contribution in [0.5, 0.6) is 5.75 Å². The Bertz CT molecular complexity index is 916. The predicted octanol–water partition coefficient (Wildman–Crippen LogP) is 3.85. The highest BCUT2D eigenvalue weighted by molar-refractivity contribution is 5.97. The molecule has 0 aliphatic rings. The topological polar surface area (TPSA) is 68.5 Å². The minimum absolute atomic E-state index is 0.227. The third-order valence-electron chi connectivity index (χ3n) is 4.43. The maximum Gasteiger partial charge on any atom is 0.274 e. The molecule has 0 aliphatic heterocycles. The summed E-state index contributed by atoms with van der Waals surface area (Å²) in [5, 5.41) is 2.92. The van der Waals surface area contributed by atoms with E-state index in [4.69, 9.17) is 4.74 Å². The lowest BCUT2D eigenvalue weighted by Crippen LogP contribution is -2.23. The lowest BCUT2D eigenvalue weighted by Gasteiger charge is -2.08. The second-order valence-electron chi connectivity index (χ2n) is 6.71. The average Bonchev–Trinajstić information content (AvgIpc) is 3.08. The minimum atomic E-state index is -0.227. The number of carbonyl (C=O) groups is 1. The lowest BCUT2D eigenvalue weighted by atomic mass is 10.2. The standard InChI is InChI=1S/C21H26N4O2/c1-4-5-6-11-27-18-9-7-17(8-10-18)13-22-21(26)19-20-24-15(2)12-16(3)25(20)14-23-19/h7-10,12,14H,4-6,11,13H2,1-3H3,(H,22,26). The first-order valence-corrected chi connectivity index (χ1v) is 9.39. The van der Waals surface area contributed by atoms with Gasteiger partial charge in [-0.1, -0.05) is 31.9 Å². The van der Waals surface area contributed by atoms with Gasteiger partial charge in [0.25, 0.3) is 5.91 Å². The van der Waals surface area contributed by atoms with Gasteiger partial charge >= 0.3 is 0 Å². The van der Waals surface area contributed by atoms with Gasteiger partial charge in [0.2, 0.25) is 0 Å². The zero-order valence-electron chi connectivity index (χ0n) is 16.2. The lowest BCUT2D eigenvalue weighted by molar-refractivity contribution is 0.0948. The Morgan fingerprint density at radius 3 is 2.70 bits per heavy atom. The fraction of sp³-hybridized carbons (Fsp3) is 0.381. The number of amides is 1. The average molecular weight is 366 g/mol. The van der Waals surface area contributed by atoms with Crippen molar-refractivity contribution < 1.29 is 9.53 Å². The van der Waals surface area contributed by atoms with Crippen LogP contribution in [0.3, 0.4) is 0 Å². The molecule has 1 N–H and O–H groups in total. The van der Waals surface area contributed by atoms with E-state index in [2.05, 4.69) is 22.2 Å². The molecule has 0 saturated heterocycles. The molecule has 2 heterocycles. The smallest absolute Gasteiger partial charge is 0.274 e. The number of nitrogens with one attached hydrogen (secondary N) is 1. The van der Waals surface area contributed by atoms with E-state index in [0.717, 1.165) is 35.7 Å². The van der Waals surface area contributed by atoms with Crippen LogP contribution in [0.15, 0.2) is 36.7 Å². The van der Waals surface area contributed by atoms with E-state index in [-0.39, 0.29) is 5.91 Å². The normalized spacial score (nSPS) is 10.9. The molecule has 27 heavy (non-hydrogen) atoms. The van der Waals surface area contributed by atoms with Crippen molar-refractivity contribution >= 4 is 11.6 Å². The molecule has 0 fully saturated rings. The fourth-order valence-corrected chi connectivity index (χ4v) is 2.95. The number of benzene rings is 1. The van der Waals surface area contributed by atoms with Gasteiger partial charge in [-0.05, 0) is 44.0 Å². The molecule has 0 spiro atoms. The highest BCUT2D eigenvalue weighted by Gasteiger charge is 2.15. The van der Waals surface area contributed by atoms with Crippen LogP contribution in [-0.4, -0.2) is 26.9 Å². The first-order chi connectivity index (χ1) is 13.1. The molecule has 0 atom stereocenters. The van der Waals surface area contributed by atoms with Crippen molar-refractivity contribution in [3.05, 3.63) is 59.3 Å². The van der Waals surface area contributed by atoms with Gasteiger partial charge < -0.3 is 10.1 Å². The summed E-state index contributed by atoms with van der Waals surface area (Å²) in [6.07, 6.45) is 5.07. The summed E-state index contributed by atoms with van der Waals surface area (Å²) in [5.41, 5.74) is 3.80. The molecule has 3 rings (SSSR count). The molecule has 3 aromatic rings. The molecule has 2 aromatic heterocycles. The first-order valence-electron chi connectivity index (χ1n) is 9.39. The Balaban J connectivity index is 1.59. The van der Waals surface area contributed by atoms with Gasteiger partial charge in [0.05, 0.1) is 6.61 Å².